The smallest absolute Gasteiger partial charge is 0.238 e. The average molecular weight is 362 g/mol. The molecule has 0 spiro atoms. The Morgan fingerprint density at radius 1 is 1.42 bits per heavy atom. The maximum absolute atomic E-state index is 12.5. The second-order valence-corrected chi connectivity index (χ2v) is 6.89. The van der Waals surface area contributed by atoms with Gasteiger partial charge in [-0.2, -0.15) is 4.98 Å². The van der Waals surface area contributed by atoms with Gasteiger partial charge in [0.1, 0.15) is 0 Å². The van der Waals surface area contributed by atoms with Gasteiger partial charge in [0.2, 0.25) is 17.6 Å². The highest BCUT2D eigenvalue weighted by Gasteiger charge is 2.22. The lowest BCUT2D eigenvalue weighted by molar-refractivity contribution is -0.131. The first-order valence-electron chi connectivity index (χ1n) is 8.98. The van der Waals surface area contributed by atoms with Crippen molar-refractivity contribution in [1.82, 2.24) is 19.9 Å². The fraction of sp³-hybridized carbons (Fsp3) is 0.611. The first kappa shape index (κ1) is 18.6. The van der Waals surface area contributed by atoms with Gasteiger partial charge in [-0.1, -0.05) is 5.16 Å². The van der Waals surface area contributed by atoms with E-state index in [-0.39, 0.29) is 5.91 Å². The third-order valence-corrected chi connectivity index (χ3v) is 4.30. The van der Waals surface area contributed by atoms with E-state index in [1.165, 1.54) is 0 Å². The van der Waals surface area contributed by atoms with Gasteiger partial charge in [-0.15, -0.1) is 0 Å². The van der Waals surface area contributed by atoms with Gasteiger partial charge in [-0.3, -0.25) is 4.79 Å². The van der Waals surface area contributed by atoms with Gasteiger partial charge in [0.15, 0.2) is 5.76 Å². The molecule has 0 radical (unpaired) electrons. The number of furan rings is 1. The van der Waals surface area contributed by atoms with E-state index in [1.54, 1.807) is 18.4 Å². The van der Waals surface area contributed by atoms with Crippen LogP contribution in [0.2, 0.25) is 0 Å². The zero-order valence-electron chi connectivity index (χ0n) is 15.4. The molecule has 1 atom stereocenters. The first-order valence-corrected chi connectivity index (χ1v) is 8.98. The molecular weight excluding hydrogens is 336 g/mol. The number of aromatic nitrogens is 2. The van der Waals surface area contributed by atoms with Crippen molar-refractivity contribution in [2.75, 3.05) is 46.9 Å². The molecule has 0 saturated carbocycles. The summed E-state index contributed by atoms with van der Waals surface area (Å²) in [4.78, 5) is 20.9. The summed E-state index contributed by atoms with van der Waals surface area (Å²) in [6, 6.07) is 3.56. The zero-order valence-corrected chi connectivity index (χ0v) is 15.4. The Morgan fingerprint density at radius 2 is 2.31 bits per heavy atom. The van der Waals surface area contributed by atoms with Crippen LogP contribution in [0.1, 0.15) is 18.7 Å². The molecule has 0 aromatic carbocycles. The monoisotopic (exact) mass is 362 g/mol. The normalized spacial score (nSPS) is 18.3. The Hall–Kier alpha value is -2.19. The molecule has 2 aromatic rings. The lowest BCUT2D eigenvalue weighted by Gasteiger charge is -2.25. The molecule has 142 valence electrons. The molecule has 0 N–H and O–H groups in total. The molecule has 3 heterocycles. The number of carbonyl (C=O) groups is 1. The molecule has 3 rings (SSSR count). The summed E-state index contributed by atoms with van der Waals surface area (Å²) in [7, 11) is 4.08. The Labute approximate surface area is 153 Å². The zero-order chi connectivity index (χ0) is 18.4. The van der Waals surface area contributed by atoms with Crippen LogP contribution in [0.4, 0.5) is 0 Å². The van der Waals surface area contributed by atoms with E-state index in [4.69, 9.17) is 13.7 Å². The molecule has 0 aliphatic carbocycles. The Bertz CT molecular complexity index is 683. The molecule has 1 aliphatic rings. The van der Waals surface area contributed by atoms with Gasteiger partial charge < -0.3 is 23.5 Å². The van der Waals surface area contributed by atoms with Crippen molar-refractivity contribution >= 4 is 5.91 Å². The predicted octanol–water partition coefficient (Wildman–Crippen LogP) is 1.69. The summed E-state index contributed by atoms with van der Waals surface area (Å²) < 4.78 is 16.1. The number of carbonyl (C=O) groups excluding carboxylic acids is 1. The number of aryl methyl sites for hydroxylation is 1. The van der Waals surface area contributed by atoms with Crippen LogP contribution in [0.5, 0.6) is 0 Å². The molecule has 8 heteroatoms. The third-order valence-electron chi connectivity index (χ3n) is 4.30. The summed E-state index contributed by atoms with van der Waals surface area (Å²) in [6.07, 6.45) is 3.28. The summed E-state index contributed by atoms with van der Waals surface area (Å²) in [6.45, 7) is 3.64. The quantitative estimate of drug-likeness (QED) is 0.741. The van der Waals surface area contributed by atoms with E-state index in [2.05, 4.69) is 15.0 Å². The van der Waals surface area contributed by atoms with Gasteiger partial charge in [-0.25, -0.2) is 0 Å². The predicted molar refractivity (Wildman–Crippen MR) is 94.4 cm³/mol. The maximum atomic E-state index is 12.5. The average Bonchev–Trinajstić information content (AvgIpc) is 3.23. The van der Waals surface area contributed by atoms with Crippen LogP contribution in [-0.4, -0.2) is 72.8 Å². The van der Waals surface area contributed by atoms with Crippen molar-refractivity contribution in [3.8, 4) is 11.6 Å². The third kappa shape index (κ3) is 5.15. The van der Waals surface area contributed by atoms with Gasteiger partial charge in [0, 0.05) is 38.4 Å². The van der Waals surface area contributed by atoms with E-state index in [1.807, 2.05) is 19.0 Å². The lowest BCUT2D eigenvalue weighted by Crippen LogP contribution is -2.38. The van der Waals surface area contributed by atoms with E-state index >= 15 is 0 Å². The van der Waals surface area contributed by atoms with E-state index in [0.29, 0.717) is 62.4 Å². The number of rotatable bonds is 7. The topological polar surface area (TPSA) is 84.8 Å². The second-order valence-electron chi connectivity index (χ2n) is 6.89. The molecule has 1 aliphatic heterocycles. The van der Waals surface area contributed by atoms with Gasteiger partial charge in [0.25, 0.3) is 0 Å². The molecule has 2 aromatic heterocycles. The van der Waals surface area contributed by atoms with E-state index in [9.17, 15) is 4.79 Å². The summed E-state index contributed by atoms with van der Waals surface area (Å²) in [5.74, 6) is 2.04. The van der Waals surface area contributed by atoms with Gasteiger partial charge >= 0.3 is 0 Å². The molecule has 0 bridgehead atoms. The minimum atomic E-state index is 0.157. The van der Waals surface area contributed by atoms with Crippen LogP contribution < -0.4 is 0 Å². The van der Waals surface area contributed by atoms with Crippen molar-refractivity contribution < 1.29 is 18.5 Å². The van der Waals surface area contributed by atoms with Crippen LogP contribution >= 0.6 is 0 Å². The summed E-state index contributed by atoms with van der Waals surface area (Å²) >= 11 is 0. The minimum Gasteiger partial charge on any atom is -0.461 e. The van der Waals surface area contributed by atoms with Crippen LogP contribution in [0, 0.1) is 5.92 Å². The number of hydrogen-bond donors (Lipinski definition) is 0. The molecular formula is C18H26N4O4. The molecule has 26 heavy (non-hydrogen) atoms. The van der Waals surface area contributed by atoms with E-state index in [0.717, 1.165) is 13.1 Å². The first-order chi connectivity index (χ1) is 12.6. The fourth-order valence-electron chi connectivity index (χ4n) is 3.15. The van der Waals surface area contributed by atoms with Crippen molar-refractivity contribution in [3.63, 3.8) is 0 Å². The number of amides is 1. The Kier molecular flexibility index (Phi) is 6.40. The molecule has 0 unspecified atom stereocenters. The lowest BCUT2D eigenvalue weighted by atomic mass is 10.1. The van der Waals surface area contributed by atoms with Crippen molar-refractivity contribution in [3.05, 3.63) is 24.3 Å². The Morgan fingerprint density at radius 3 is 3.08 bits per heavy atom. The Balaban J connectivity index is 1.46. The van der Waals surface area contributed by atoms with Crippen molar-refractivity contribution in [2.24, 2.45) is 5.92 Å². The van der Waals surface area contributed by atoms with Gasteiger partial charge in [0.05, 0.1) is 19.5 Å². The van der Waals surface area contributed by atoms with Gasteiger partial charge in [-0.05, 0) is 32.6 Å². The fourth-order valence-corrected chi connectivity index (χ4v) is 3.15. The highest BCUT2D eigenvalue weighted by Crippen LogP contribution is 2.17. The molecule has 1 saturated heterocycles. The SMILES string of the molecule is CN(C)C[C@@H]1COCCN(C(=O)CCCc2nc(-c3ccco3)no2)C1. The molecule has 1 amide bonds. The van der Waals surface area contributed by atoms with Crippen molar-refractivity contribution in [2.45, 2.75) is 19.3 Å². The van der Waals surface area contributed by atoms with Crippen LogP contribution in [-0.2, 0) is 16.0 Å². The van der Waals surface area contributed by atoms with Crippen LogP contribution in [0.25, 0.3) is 11.6 Å². The molecule has 1 fully saturated rings. The van der Waals surface area contributed by atoms with Crippen molar-refractivity contribution in [1.29, 1.82) is 0 Å². The largest absolute Gasteiger partial charge is 0.461 e. The van der Waals surface area contributed by atoms with Crippen LogP contribution in [0.15, 0.2) is 27.3 Å². The van der Waals surface area contributed by atoms with Crippen LogP contribution in [0.3, 0.4) is 0 Å². The number of nitrogens with zero attached hydrogens (tertiary/aromatic N) is 4. The number of hydrogen-bond acceptors (Lipinski definition) is 7. The highest BCUT2D eigenvalue weighted by atomic mass is 16.5. The summed E-state index contributed by atoms with van der Waals surface area (Å²) in [5.41, 5.74) is 0. The highest BCUT2D eigenvalue weighted by molar-refractivity contribution is 5.76. The standard InChI is InChI=1S/C18H26N4O4/c1-21(2)11-14-12-22(8-10-24-13-14)17(23)7-3-6-16-19-18(20-26-16)15-5-4-9-25-15/h4-5,9,14H,3,6-8,10-13H2,1-2H3/t14-/m0/s1. The van der Waals surface area contributed by atoms with E-state index < -0.39 is 0 Å². The minimum absolute atomic E-state index is 0.157. The number of ether oxygens (including phenoxy) is 1. The molecule has 8 nitrogen and oxygen atoms in total. The summed E-state index contributed by atoms with van der Waals surface area (Å²) in [5, 5.41) is 3.90. The maximum Gasteiger partial charge on any atom is 0.238 e. The second kappa shape index (κ2) is 8.95.